The van der Waals surface area contributed by atoms with Gasteiger partial charge in [0.2, 0.25) is 0 Å². The molecular weight excluding hydrogens is 401 g/mol. The van der Waals surface area contributed by atoms with Crippen molar-refractivity contribution >= 4 is 34.9 Å². The van der Waals surface area contributed by atoms with E-state index in [1.807, 2.05) is 0 Å². The van der Waals surface area contributed by atoms with E-state index in [0.717, 1.165) is 0 Å². The number of benzene rings is 1. The van der Waals surface area contributed by atoms with E-state index in [9.17, 15) is 26.3 Å². The van der Waals surface area contributed by atoms with E-state index in [1.165, 1.54) is 11.9 Å². The fraction of sp³-hybridized carbons (Fsp3) is 0.462. The first-order chi connectivity index (χ1) is 11.3. The second-order valence-electron chi connectivity index (χ2n) is 5.05. The lowest BCUT2D eigenvalue weighted by molar-refractivity contribution is -0.390. The van der Waals surface area contributed by atoms with E-state index >= 15 is 0 Å². The first-order valence-electron chi connectivity index (χ1n) is 6.57. The van der Waals surface area contributed by atoms with Crippen LogP contribution in [0.4, 0.5) is 32.0 Å². The number of halogens is 8. The maximum atomic E-state index is 13.9. The minimum absolute atomic E-state index is 0.0700. The second-order valence-corrected chi connectivity index (χ2v) is 5.87. The molecule has 0 saturated carbocycles. The van der Waals surface area contributed by atoms with Crippen molar-refractivity contribution in [1.29, 1.82) is 0 Å². The van der Waals surface area contributed by atoms with Gasteiger partial charge in [-0.15, -0.1) is 0 Å². The Kier molecular flexibility index (Phi) is 5.10. The third kappa shape index (κ3) is 3.34. The molecule has 12 heteroatoms. The number of alkyl halides is 6. The summed E-state index contributed by atoms with van der Waals surface area (Å²) in [6.07, 6.45) is -6.24. The Morgan fingerprint density at radius 2 is 1.64 bits per heavy atom. The normalized spacial score (nSPS) is 17.8. The number of aliphatic hydroxyl groups is 1. The van der Waals surface area contributed by atoms with Gasteiger partial charge >= 0.3 is 18.0 Å². The lowest BCUT2D eigenvalue weighted by atomic mass is 10.00. The van der Waals surface area contributed by atoms with Crippen molar-refractivity contribution in [2.75, 3.05) is 25.1 Å². The standard InChI is InChI=1S/C13H10Cl2F6N2O2/c1-23(10-22-2-3-25-10)9-7(14)4-6(5-8(9)15)11(16,17)12(18,24)13(19,20)21/h4-5,24H,2-3H2,1H3. The van der Waals surface area contributed by atoms with Gasteiger partial charge in [-0.1, -0.05) is 23.2 Å². The van der Waals surface area contributed by atoms with Crippen molar-refractivity contribution < 1.29 is 36.2 Å². The predicted octanol–water partition coefficient (Wildman–Crippen LogP) is 4.13. The first-order valence-corrected chi connectivity index (χ1v) is 7.32. The smallest absolute Gasteiger partial charge is 0.455 e. The van der Waals surface area contributed by atoms with Crippen molar-refractivity contribution in [1.82, 2.24) is 0 Å². The zero-order valence-electron chi connectivity index (χ0n) is 12.3. The van der Waals surface area contributed by atoms with Gasteiger partial charge in [0.05, 0.1) is 22.3 Å². The van der Waals surface area contributed by atoms with Gasteiger partial charge in [0.25, 0.3) is 6.02 Å². The minimum Gasteiger partial charge on any atom is -0.463 e. The molecule has 1 aromatic carbocycles. The molecule has 0 spiro atoms. The fourth-order valence-electron chi connectivity index (χ4n) is 2.06. The van der Waals surface area contributed by atoms with Crippen LogP contribution in [-0.4, -0.2) is 43.4 Å². The molecule has 0 bridgehead atoms. The number of amidine groups is 1. The Morgan fingerprint density at radius 1 is 1.12 bits per heavy atom. The molecule has 0 aromatic heterocycles. The van der Waals surface area contributed by atoms with E-state index in [1.54, 1.807) is 0 Å². The molecule has 2 rings (SSSR count). The molecule has 140 valence electrons. The topological polar surface area (TPSA) is 45.1 Å². The zero-order chi connectivity index (χ0) is 19.2. The molecule has 0 saturated heterocycles. The Bertz CT molecular complexity index is 685. The van der Waals surface area contributed by atoms with Crippen molar-refractivity contribution in [2.45, 2.75) is 18.0 Å². The van der Waals surface area contributed by atoms with Gasteiger partial charge in [0.15, 0.2) is 0 Å². The van der Waals surface area contributed by atoms with Crippen molar-refractivity contribution in [3.63, 3.8) is 0 Å². The van der Waals surface area contributed by atoms with Crippen LogP contribution in [0.2, 0.25) is 10.0 Å². The van der Waals surface area contributed by atoms with E-state index in [-0.39, 0.29) is 18.3 Å². The maximum Gasteiger partial charge on any atom is 0.455 e. The summed E-state index contributed by atoms with van der Waals surface area (Å²) in [5, 5.41) is 7.66. The van der Waals surface area contributed by atoms with Gasteiger partial charge in [-0.05, 0) is 12.1 Å². The van der Waals surface area contributed by atoms with Crippen molar-refractivity contribution in [3.05, 3.63) is 27.7 Å². The van der Waals surface area contributed by atoms with Crippen molar-refractivity contribution in [3.8, 4) is 0 Å². The van der Waals surface area contributed by atoms with Crippen LogP contribution in [0.1, 0.15) is 5.56 Å². The molecule has 0 radical (unpaired) electrons. The number of nitrogens with zero attached hydrogens (tertiary/aromatic N) is 2. The van der Waals surface area contributed by atoms with E-state index in [2.05, 4.69) is 4.99 Å². The third-order valence-corrected chi connectivity index (χ3v) is 3.94. The molecule has 1 aromatic rings. The Morgan fingerprint density at radius 3 is 2.04 bits per heavy atom. The molecule has 4 nitrogen and oxygen atoms in total. The average molecular weight is 411 g/mol. The molecule has 0 fully saturated rings. The highest BCUT2D eigenvalue weighted by Crippen LogP contribution is 2.50. The van der Waals surface area contributed by atoms with Gasteiger partial charge in [0.1, 0.15) is 6.61 Å². The van der Waals surface area contributed by atoms with Crippen LogP contribution in [-0.2, 0) is 10.7 Å². The maximum absolute atomic E-state index is 13.9. The summed E-state index contributed by atoms with van der Waals surface area (Å²) < 4.78 is 83.6. The van der Waals surface area contributed by atoms with Gasteiger partial charge < -0.3 is 9.84 Å². The van der Waals surface area contributed by atoms with E-state index in [0.29, 0.717) is 18.7 Å². The highest BCUT2D eigenvalue weighted by molar-refractivity contribution is 6.40. The van der Waals surface area contributed by atoms with Crippen LogP contribution in [0.25, 0.3) is 0 Å². The van der Waals surface area contributed by atoms with Crippen LogP contribution >= 0.6 is 23.2 Å². The van der Waals surface area contributed by atoms with E-state index < -0.39 is 33.6 Å². The number of aliphatic imine (C=N–C) groups is 1. The molecule has 1 heterocycles. The average Bonchev–Trinajstić information content (AvgIpc) is 2.98. The molecule has 1 aliphatic rings. The fourth-order valence-corrected chi connectivity index (χ4v) is 2.80. The number of hydrogen-bond acceptors (Lipinski definition) is 4. The number of hydrogen-bond donors (Lipinski definition) is 1. The monoisotopic (exact) mass is 410 g/mol. The van der Waals surface area contributed by atoms with E-state index in [4.69, 9.17) is 33.0 Å². The molecule has 0 amide bonds. The summed E-state index contributed by atoms with van der Waals surface area (Å²) in [4.78, 5) is 5.14. The molecule has 1 unspecified atom stereocenters. The molecular formula is C13H10Cl2F6N2O2. The highest BCUT2D eigenvalue weighted by atomic mass is 35.5. The van der Waals surface area contributed by atoms with Gasteiger partial charge in [0, 0.05) is 12.6 Å². The van der Waals surface area contributed by atoms with Crippen LogP contribution in [0, 0.1) is 0 Å². The van der Waals surface area contributed by atoms with Crippen LogP contribution in [0.15, 0.2) is 17.1 Å². The summed E-state index contributed by atoms with van der Waals surface area (Å²) in [5.41, 5.74) is -1.63. The van der Waals surface area contributed by atoms with Gasteiger partial charge in [-0.3, -0.25) is 4.90 Å². The predicted molar refractivity (Wildman–Crippen MR) is 79.1 cm³/mol. The Hall–Kier alpha value is -1.39. The van der Waals surface area contributed by atoms with Crippen LogP contribution < -0.4 is 4.90 Å². The first kappa shape index (κ1) is 19.9. The summed E-state index contributed by atoms with van der Waals surface area (Å²) >= 11 is 11.6. The number of ether oxygens (including phenoxy) is 1. The minimum atomic E-state index is -6.24. The summed E-state index contributed by atoms with van der Waals surface area (Å²) in [5.74, 6) is -11.2. The Labute approximate surface area is 147 Å². The molecule has 1 aliphatic heterocycles. The quantitative estimate of drug-likeness (QED) is 0.762. The Balaban J connectivity index is 2.49. The molecule has 1 N–H and O–H groups in total. The van der Waals surface area contributed by atoms with Gasteiger partial charge in [-0.2, -0.15) is 26.3 Å². The molecule has 25 heavy (non-hydrogen) atoms. The number of rotatable bonds is 3. The van der Waals surface area contributed by atoms with Crippen molar-refractivity contribution in [2.24, 2.45) is 4.99 Å². The zero-order valence-corrected chi connectivity index (χ0v) is 13.9. The SMILES string of the molecule is CN(C1=NCCO1)c1c(Cl)cc(C(F)(F)C(O)(F)C(F)(F)F)cc1Cl. The number of anilines is 1. The largest absolute Gasteiger partial charge is 0.463 e. The lowest BCUT2D eigenvalue weighted by Gasteiger charge is -2.31. The summed E-state index contributed by atoms with van der Waals surface area (Å²) in [6.45, 7) is 0.608. The summed E-state index contributed by atoms with van der Waals surface area (Å²) in [6, 6.07) is 0.830. The second kappa shape index (κ2) is 6.40. The van der Waals surface area contributed by atoms with Crippen LogP contribution in [0.3, 0.4) is 0 Å². The van der Waals surface area contributed by atoms with Gasteiger partial charge in [-0.25, -0.2) is 4.99 Å². The third-order valence-electron chi connectivity index (χ3n) is 3.36. The molecule has 0 aliphatic carbocycles. The molecule has 1 atom stereocenters. The highest BCUT2D eigenvalue weighted by Gasteiger charge is 2.71. The lowest BCUT2D eigenvalue weighted by Crippen LogP contribution is -2.53. The van der Waals surface area contributed by atoms with Crippen LogP contribution in [0.5, 0.6) is 0 Å². The summed E-state index contributed by atoms with van der Waals surface area (Å²) in [7, 11) is 1.39.